The van der Waals surface area contributed by atoms with E-state index in [1.54, 1.807) is 19.5 Å². The fourth-order valence-corrected chi connectivity index (χ4v) is 2.76. The average molecular weight is 316 g/mol. The lowest BCUT2D eigenvalue weighted by Gasteiger charge is -2.18. The normalized spacial score (nSPS) is 20.4. The second kappa shape index (κ2) is 6.78. The molecule has 0 radical (unpaired) electrons. The molecule has 7 nitrogen and oxygen atoms in total. The Morgan fingerprint density at radius 2 is 2.35 bits per heavy atom. The van der Waals surface area contributed by atoms with E-state index in [0.717, 1.165) is 11.4 Å². The second-order valence-corrected chi connectivity index (χ2v) is 5.51. The number of ether oxygens (including phenoxy) is 2. The number of hydrogen-bond acceptors (Lipinski definition) is 5. The van der Waals surface area contributed by atoms with Gasteiger partial charge in [0.2, 0.25) is 11.8 Å². The maximum atomic E-state index is 12.5. The third-order valence-electron chi connectivity index (χ3n) is 4.02. The molecular weight excluding hydrogens is 296 g/mol. The summed E-state index contributed by atoms with van der Waals surface area (Å²) in [5, 5.41) is 2.96. The smallest absolute Gasteiger partial charge is 0.226 e. The van der Waals surface area contributed by atoms with E-state index in [1.807, 2.05) is 29.9 Å². The minimum absolute atomic E-state index is 0.0220. The Balaban J connectivity index is 1.64. The van der Waals surface area contributed by atoms with Crippen LogP contribution in [0, 0.1) is 5.92 Å². The summed E-state index contributed by atoms with van der Waals surface area (Å²) in [4.78, 5) is 20.9. The van der Waals surface area contributed by atoms with Crippen LogP contribution in [-0.4, -0.2) is 34.2 Å². The van der Waals surface area contributed by atoms with Gasteiger partial charge in [0.05, 0.1) is 13.0 Å². The standard InChI is InChI=1S/C16H20N4O3/c1-20-7-6-18-15(20)14-12(4-8-23-14)16(21)19-10-11-3-5-17-13(9-11)22-2/h3,5-7,9,12,14H,4,8,10H2,1-2H3,(H,19,21)/t12-,14-/m1/s1. The molecule has 1 aliphatic heterocycles. The molecule has 7 heteroatoms. The molecule has 1 saturated heterocycles. The third kappa shape index (κ3) is 3.34. The molecule has 1 fully saturated rings. The van der Waals surface area contributed by atoms with E-state index in [2.05, 4.69) is 15.3 Å². The van der Waals surface area contributed by atoms with Crippen molar-refractivity contribution in [2.24, 2.45) is 13.0 Å². The zero-order valence-electron chi connectivity index (χ0n) is 13.2. The first-order chi connectivity index (χ1) is 11.2. The van der Waals surface area contributed by atoms with Gasteiger partial charge in [0.25, 0.3) is 0 Å². The van der Waals surface area contributed by atoms with Crippen LogP contribution >= 0.6 is 0 Å². The lowest BCUT2D eigenvalue weighted by molar-refractivity contribution is -0.127. The van der Waals surface area contributed by atoms with Crippen molar-refractivity contribution >= 4 is 5.91 Å². The molecule has 0 aliphatic carbocycles. The van der Waals surface area contributed by atoms with Gasteiger partial charge in [0.1, 0.15) is 11.9 Å². The third-order valence-corrected chi connectivity index (χ3v) is 4.02. The Labute approximate surface area is 134 Å². The highest BCUT2D eigenvalue weighted by molar-refractivity contribution is 5.79. The molecular formula is C16H20N4O3. The molecule has 1 amide bonds. The largest absolute Gasteiger partial charge is 0.481 e. The molecule has 1 aliphatic rings. The Bertz CT molecular complexity index is 685. The van der Waals surface area contributed by atoms with Gasteiger partial charge in [-0.1, -0.05) is 0 Å². The first-order valence-corrected chi connectivity index (χ1v) is 7.54. The molecule has 0 saturated carbocycles. The van der Waals surface area contributed by atoms with E-state index in [4.69, 9.17) is 9.47 Å². The Hall–Kier alpha value is -2.41. The number of rotatable bonds is 5. The van der Waals surface area contributed by atoms with Crippen LogP contribution in [0.1, 0.15) is 23.9 Å². The quantitative estimate of drug-likeness (QED) is 0.897. The number of nitrogens with one attached hydrogen (secondary N) is 1. The van der Waals surface area contributed by atoms with Gasteiger partial charge in [-0.25, -0.2) is 9.97 Å². The lowest BCUT2D eigenvalue weighted by Crippen LogP contribution is -2.32. The Morgan fingerprint density at radius 1 is 1.48 bits per heavy atom. The molecule has 3 rings (SSSR count). The second-order valence-electron chi connectivity index (χ2n) is 5.51. The van der Waals surface area contributed by atoms with Gasteiger partial charge in [-0.2, -0.15) is 0 Å². The minimum Gasteiger partial charge on any atom is -0.481 e. The number of aromatic nitrogens is 3. The summed E-state index contributed by atoms with van der Waals surface area (Å²) in [6.07, 6.45) is 5.64. The van der Waals surface area contributed by atoms with Crippen molar-refractivity contribution in [1.82, 2.24) is 19.9 Å². The first kappa shape index (κ1) is 15.5. The van der Waals surface area contributed by atoms with Gasteiger partial charge in [0, 0.05) is 44.9 Å². The van der Waals surface area contributed by atoms with Crippen molar-refractivity contribution in [1.29, 1.82) is 0 Å². The maximum Gasteiger partial charge on any atom is 0.226 e. The molecule has 23 heavy (non-hydrogen) atoms. The van der Waals surface area contributed by atoms with E-state index >= 15 is 0 Å². The number of nitrogens with zero attached hydrogens (tertiary/aromatic N) is 3. The van der Waals surface area contributed by atoms with Crippen LogP contribution in [0.5, 0.6) is 5.88 Å². The van der Waals surface area contributed by atoms with E-state index in [1.165, 1.54) is 0 Å². The summed E-state index contributed by atoms with van der Waals surface area (Å²) in [5.41, 5.74) is 0.942. The topological polar surface area (TPSA) is 78.3 Å². The SMILES string of the molecule is COc1cc(CNC(=O)[C@@H]2CCO[C@H]2c2nccn2C)ccn1. The van der Waals surface area contributed by atoms with E-state index in [-0.39, 0.29) is 17.9 Å². The van der Waals surface area contributed by atoms with Crippen molar-refractivity contribution in [3.8, 4) is 5.88 Å². The molecule has 3 heterocycles. The van der Waals surface area contributed by atoms with Crippen LogP contribution in [-0.2, 0) is 23.1 Å². The predicted octanol–water partition coefficient (Wildman–Crippen LogP) is 1.22. The van der Waals surface area contributed by atoms with Crippen molar-refractivity contribution in [3.63, 3.8) is 0 Å². The summed E-state index contributed by atoms with van der Waals surface area (Å²) in [6, 6.07) is 3.66. The average Bonchev–Trinajstić information content (AvgIpc) is 3.21. The number of carbonyl (C=O) groups is 1. The number of aryl methyl sites for hydroxylation is 1. The fraction of sp³-hybridized carbons (Fsp3) is 0.438. The highest BCUT2D eigenvalue weighted by Gasteiger charge is 2.37. The van der Waals surface area contributed by atoms with Crippen LogP contribution < -0.4 is 10.1 Å². The van der Waals surface area contributed by atoms with Gasteiger partial charge in [-0.15, -0.1) is 0 Å². The van der Waals surface area contributed by atoms with Gasteiger partial charge < -0.3 is 19.4 Å². The van der Waals surface area contributed by atoms with Crippen LogP contribution in [0.15, 0.2) is 30.7 Å². The van der Waals surface area contributed by atoms with Gasteiger partial charge in [-0.3, -0.25) is 4.79 Å². The van der Waals surface area contributed by atoms with Gasteiger partial charge >= 0.3 is 0 Å². The molecule has 0 bridgehead atoms. The monoisotopic (exact) mass is 316 g/mol. The molecule has 1 N–H and O–H groups in total. The highest BCUT2D eigenvalue weighted by Crippen LogP contribution is 2.33. The lowest BCUT2D eigenvalue weighted by atomic mass is 9.99. The fourth-order valence-electron chi connectivity index (χ4n) is 2.76. The molecule has 0 spiro atoms. The van der Waals surface area contributed by atoms with Crippen LogP contribution in [0.4, 0.5) is 0 Å². The number of amides is 1. The van der Waals surface area contributed by atoms with Crippen LogP contribution in [0.3, 0.4) is 0 Å². The number of carbonyl (C=O) groups excluding carboxylic acids is 1. The molecule has 2 aromatic rings. The predicted molar refractivity (Wildman–Crippen MR) is 82.6 cm³/mol. The minimum atomic E-state index is -0.290. The Morgan fingerprint density at radius 3 is 3.09 bits per heavy atom. The summed E-state index contributed by atoms with van der Waals surface area (Å²) in [6.45, 7) is 1.00. The number of pyridine rings is 1. The van der Waals surface area contributed by atoms with E-state index < -0.39 is 0 Å². The number of hydrogen-bond donors (Lipinski definition) is 1. The summed E-state index contributed by atoms with van der Waals surface area (Å²) in [5.74, 6) is 1.08. The zero-order chi connectivity index (χ0) is 16.2. The van der Waals surface area contributed by atoms with Crippen LogP contribution in [0.2, 0.25) is 0 Å². The summed E-state index contributed by atoms with van der Waals surface area (Å²) in [7, 11) is 3.47. The molecule has 122 valence electrons. The number of imidazole rings is 1. The molecule has 0 aromatic carbocycles. The van der Waals surface area contributed by atoms with E-state index in [0.29, 0.717) is 25.5 Å². The number of methoxy groups -OCH3 is 1. The van der Waals surface area contributed by atoms with Crippen molar-refractivity contribution < 1.29 is 14.3 Å². The van der Waals surface area contributed by atoms with Crippen molar-refractivity contribution in [3.05, 3.63) is 42.1 Å². The first-order valence-electron chi connectivity index (χ1n) is 7.54. The Kier molecular flexibility index (Phi) is 4.57. The van der Waals surface area contributed by atoms with Gasteiger partial charge in [0.15, 0.2) is 0 Å². The maximum absolute atomic E-state index is 12.5. The van der Waals surface area contributed by atoms with Gasteiger partial charge in [-0.05, 0) is 18.1 Å². The van der Waals surface area contributed by atoms with Crippen LogP contribution in [0.25, 0.3) is 0 Å². The van der Waals surface area contributed by atoms with Crippen molar-refractivity contribution in [2.45, 2.75) is 19.1 Å². The molecule has 2 aromatic heterocycles. The summed E-state index contributed by atoms with van der Waals surface area (Å²) < 4.78 is 12.7. The summed E-state index contributed by atoms with van der Waals surface area (Å²) >= 11 is 0. The van der Waals surface area contributed by atoms with Crippen molar-refractivity contribution in [2.75, 3.05) is 13.7 Å². The zero-order valence-corrected chi connectivity index (χ0v) is 13.2. The molecule has 2 atom stereocenters. The highest BCUT2D eigenvalue weighted by atomic mass is 16.5. The van der Waals surface area contributed by atoms with E-state index in [9.17, 15) is 4.79 Å². The molecule has 0 unspecified atom stereocenters.